The molecule has 1 atom stereocenters. The fourth-order valence-corrected chi connectivity index (χ4v) is 3.84. The van der Waals surface area contributed by atoms with Crippen LogP contribution in [0.3, 0.4) is 0 Å². The number of hydrogen-bond acceptors (Lipinski definition) is 5. The Morgan fingerprint density at radius 2 is 1.93 bits per heavy atom. The normalized spacial score (nSPS) is 20.7. The summed E-state index contributed by atoms with van der Waals surface area (Å²) in [6.45, 7) is 6.33. The first-order valence-electron chi connectivity index (χ1n) is 8.59. The Bertz CT molecular complexity index is 806. The number of ether oxygens (including phenoxy) is 1. The molecule has 1 unspecified atom stereocenters. The fraction of sp³-hybridized carbons (Fsp3) is 0.611. The second kappa shape index (κ2) is 8.15. The summed E-state index contributed by atoms with van der Waals surface area (Å²) in [7, 11) is -3.55. The Kier molecular flexibility index (Phi) is 6.72. The zero-order valence-corrected chi connectivity index (χ0v) is 18.2. The van der Waals surface area contributed by atoms with E-state index in [-0.39, 0.29) is 6.61 Å². The third-order valence-electron chi connectivity index (χ3n) is 4.42. The highest BCUT2D eigenvalue weighted by atomic mass is 35.5. The molecule has 1 aliphatic rings. The third kappa shape index (κ3) is 6.24. The van der Waals surface area contributed by atoms with Crippen molar-refractivity contribution in [2.75, 3.05) is 26.0 Å². The van der Waals surface area contributed by atoms with E-state index in [0.717, 1.165) is 11.8 Å². The lowest BCUT2D eigenvalue weighted by Crippen LogP contribution is -2.38. The van der Waals surface area contributed by atoms with Gasteiger partial charge in [-0.05, 0) is 51.3 Å². The van der Waals surface area contributed by atoms with Crippen molar-refractivity contribution in [3.63, 3.8) is 0 Å². The van der Waals surface area contributed by atoms with Crippen molar-refractivity contribution >= 4 is 39.4 Å². The first-order valence-corrected chi connectivity index (χ1v) is 11.2. The molecule has 0 N–H and O–H groups in total. The van der Waals surface area contributed by atoms with Crippen LogP contribution in [0.5, 0.6) is 0 Å². The summed E-state index contributed by atoms with van der Waals surface area (Å²) in [6.07, 6.45) is 1.67. The molecule has 0 saturated carbocycles. The average molecular weight is 438 g/mol. The van der Waals surface area contributed by atoms with Gasteiger partial charge in [0.15, 0.2) is 0 Å². The SMILES string of the molecule is CC(C)(C)OC(=O)N1CCC(CCOS(C)(=O)=O)(c2ccc(Cl)c(Cl)c2)C1. The van der Waals surface area contributed by atoms with Gasteiger partial charge >= 0.3 is 6.09 Å². The Morgan fingerprint density at radius 1 is 1.26 bits per heavy atom. The minimum atomic E-state index is -3.55. The Morgan fingerprint density at radius 3 is 2.48 bits per heavy atom. The second-order valence-corrected chi connectivity index (χ2v) is 10.3. The predicted molar refractivity (Wildman–Crippen MR) is 106 cm³/mol. The summed E-state index contributed by atoms with van der Waals surface area (Å²) in [5.41, 5.74) is -0.193. The van der Waals surface area contributed by atoms with Crippen LogP contribution in [0.4, 0.5) is 4.79 Å². The number of amides is 1. The number of nitrogens with zero attached hydrogens (tertiary/aromatic N) is 1. The number of hydrogen-bond donors (Lipinski definition) is 0. The molecule has 27 heavy (non-hydrogen) atoms. The maximum atomic E-state index is 12.5. The number of likely N-dealkylation sites (tertiary alicyclic amines) is 1. The van der Waals surface area contributed by atoms with E-state index in [1.807, 2.05) is 26.8 Å². The number of rotatable bonds is 5. The molecule has 1 aliphatic heterocycles. The average Bonchev–Trinajstić information content (AvgIpc) is 2.93. The van der Waals surface area contributed by atoms with Crippen LogP contribution in [0.2, 0.25) is 10.0 Å². The number of benzene rings is 1. The smallest absolute Gasteiger partial charge is 0.410 e. The van der Waals surface area contributed by atoms with E-state index in [9.17, 15) is 13.2 Å². The van der Waals surface area contributed by atoms with Crippen molar-refractivity contribution in [1.82, 2.24) is 4.90 Å². The molecule has 0 aliphatic carbocycles. The van der Waals surface area contributed by atoms with E-state index in [2.05, 4.69) is 0 Å². The lowest BCUT2D eigenvalue weighted by atomic mass is 9.77. The fourth-order valence-electron chi connectivity index (χ4n) is 3.15. The second-order valence-electron chi connectivity index (χ2n) is 7.84. The highest BCUT2D eigenvalue weighted by molar-refractivity contribution is 7.85. The molecule has 1 aromatic carbocycles. The first-order chi connectivity index (χ1) is 12.3. The molecule has 1 amide bonds. The zero-order chi connectivity index (χ0) is 20.5. The minimum Gasteiger partial charge on any atom is -0.444 e. The molecule has 1 heterocycles. The van der Waals surface area contributed by atoms with E-state index in [0.29, 0.717) is 36.0 Å². The predicted octanol–water partition coefficient (Wildman–Crippen LogP) is 4.24. The van der Waals surface area contributed by atoms with Crippen LogP contribution in [0.25, 0.3) is 0 Å². The molecule has 1 fully saturated rings. The van der Waals surface area contributed by atoms with Crippen molar-refractivity contribution in [3.05, 3.63) is 33.8 Å². The van der Waals surface area contributed by atoms with Crippen LogP contribution >= 0.6 is 23.2 Å². The molecular formula is C18H25Cl2NO5S. The molecule has 152 valence electrons. The summed E-state index contributed by atoms with van der Waals surface area (Å²) >= 11 is 12.2. The van der Waals surface area contributed by atoms with Gasteiger partial charge in [0, 0.05) is 18.5 Å². The summed E-state index contributed by atoms with van der Waals surface area (Å²) in [6, 6.07) is 5.32. The maximum Gasteiger partial charge on any atom is 0.410 e. The molecule has 9 heteroatoms. The van der Waals surface area contributed by atoms with Crippen molar-refractivity contribution in [2.24, 2.45) is 0 Å². The van der Waals surface area contributed by atoms with Crippen LogP contribution in [0.1, 0.15) is 39.2 Å². The Hall–Kier alpha value is -1.02. The molecular weight excluding hydrogens is 413 g/mol. The molecule has 1 aromatic rings. The van der Waals surface area contributed by atoms with Crippen LogP contribution in [-0.2, 0) is 24.5 Å². The van der Waals surface area contributed by atoms with Gasteiger partial charge < -0.3 is 9.64 Å². The molecule has 6 nitrogen and oxygen atoms in total. The van der Waals surface area contributed by atoms with Gasteiger partial charge in [-0.1, -0.05) is 29.3 Å². The lowest BCUT2D eigenvalue weighted by molar-refractivity contribution is 0.0281. The quantitative estimate of drug-likeness (QED) is 0.643. The van der Waals surface area contributed by atoms with Crippen LogP contribution in [-0.4, -0.2) is 51.0 Å². The molecule has 0 bridgehead atoms. The van der Waals surface area contributed by atoms with E-state index in [1.54, 1.807) is 17.0 Å². The highest BCUT2D eigenvalue weighted by Crippen LogP contribution is 2.40. The summed E-state index contributed by atoms with van der Waals surface area (Å²) < 4.78 is 33.1. The molecule has 0 aromatic heterocycles. The van der Waals surface area contributed by atoms with Gasteiger partial charge in [0.05, 0.1) is 22.9 Å². The van der Waals surface area contributed by atoms with Gasteiger partial charge in [0.1, 0.15) is 5.60 Å². The standard InChI is InChI=1S/C18H25Cl2NO5S/c1-17(2,3)26-16(22)21-9-7-18(12-21,8-10-25-27(4,23)24)13-5-6-14(19)15(20)11-13/h5-6,11H,7-10,12H2,1-4H3. The van der Waals surface area contributed by atoms with Crippen LogP contribution in [0.15, 0.2) is 18.2 Å². The van der Waals surface area contributed by atoms with Gasteiger partial charge in [-0.15, -0.1) is 0 Å². The van der Waals surface area contributed by atoms with Gasteiger partial charge in [0.2, 0.25) is 0 Å². The van der Waals surface area contributed by atoms with Crippen molar-refractivity contribution in [1.29, 1.82) is 0 Å². The topological polar surface area (TPSA) is 72.9 Å². The van der Waals surface area contributed by atoms with E-state index >= 15 is 0 Å². The van der Waals surface area contributed by atoms with E-state index < -0.39 is 27.2 Å². The van der Waals surface area contributed by atoms with Crippen molar-refractivity contribution in [3.8, 4) is 0 Å². The lowest BCUT2D eigenvalue weighted by Gasteiger charge is -2.31. The Balaban J connectivity index is 2.26. The van der Waals surface area contributed by atoms with Gasteiger partial charge in [-0.25, -0.2) is 4.79 Å². The molecule has 2 rings (SSSR count). The summed E-state index contributed by atoms with van der Waals surface area (Å²) in [5, 5.41) is 0.846. The summed E-state index contributed by atoms with van der Waals surface area (Å²) in [4.78, 5) is 14.1. The molecule has 0 radical (unpaired) electrons. The number of carbonyl (C=O) groups is 1. The third-order valence-corrected chi connectivity index (χ3v) is 5.75. The molecule has 0 spiro atoms. The van der Waals surface area contributed by atoms with E-state index in [4.69, 9.17) is 32.1 Å². The van der Waals surface area contributed by atoms with Gasteiger partial charge in [-0.3, -0.25) is 4.18 Å². The largest absolute Gasteiger partial charge is 0.444 e. The zero-order valence-electron chi connectivity index (χ0n) is 15.9. The van der Waals surface area contributed by atoms with Gasteiger partial charge in [-0.2, -0.15) is 8.42 Å². The molecule has 1 saturated heterocycles. The monoisotopic (exact) mass is 437 g/mol. The summed E-state index contributed by atoms with van der Waals surface area (Å²) in [5.74, 6) is 0. The highest BCUT2D eigenvalue weighted by Gasteiger charge is 2.42. The Labute approximate surface area is 170 Å². The van der Waals surface area contributed by atoms with Crippen LogP contribution < -0.4 is 0 Å². The van der Waals surface area contributed by atoms with E-state index in [1.165, 1.54) is 0 Å². The van der Waals surface area contributed by atoms with Gasteiger partial charge in [0.25, 0.3) is 10.1 Å². The number of halogens is 2. The van der Waals surface area contributed by atoms with Crippen molar-refractivity contribution in [2.45, 2.75) is 44.6 Å². The number of carbonyl (C=O) groups excluding carboxylic acids is 1. The van der Waals surface area contributed by atoms with Crippen LogP contribution in [0, 0.1) is 0 Å². The minimum absolute atomic E-state index is 0.0151. The maximum absolute atomic E-state index is 12.5. The first kappa shape index (κ1) is 22.3. The van der Waals surface area contributed by atoms with Crippen molar-refractivity contribution < 1.29 is 22.1 Å².